The summed E-state index contributed by atoms with van der Waals surface area (Å²) in [7, 11) is 0. The van der Waals surface area contributed by atoms with Gasteiger partial charge in [0, 0.05) is 4.83 Å². The highest BCUT2D eigenvalue weighted by atomic mass is 79.9. The summed E-state index contributed by atoms with van der Waals surface area (Å²) in [6.45, 7) is 1.73. The highest BCUT2D eigenvalue weighted by Crippen LogP contribution is 2.28. The number of hydrogen-bond acceptors (Lipinski definition) is 0. The molecule has 94 valence electrons. The van der Waals surface area contributed by atoms with Crippen LogP contribution in [-0.2, 0) is 6.42 Å². The molecule has 0 bridgehead atoms. The van der Waals surface area contributed by atoms with E-state index in [1.165, 1.54) is 18.2 Å². The van der Waals surface area contributed by atoms with Gasteiger partial charge in [0.2, 0.25) is 0 Å². The fourth-order valence-electron chi connectivity index (χ4n) is 1.79. The lowest BCUT2D eigenvalue weighted by atomic mass is 10.0. The third-order valence-corrected chi connectivity index (χ3v) is 3.71. The van der Waals surface area contributed by atoms with Gasteiger partial charge >= 0.3 is 0 Å². The number of hydrogen-bond donors (Lipinski definition) is 0. The molecule has 0 radical (unpaired) electrons. The Bertz CT molecular complexity index is 552. The highest BCUT2D eigenvalue weighted by molar-refractivity contribution is 9.09. The quantitative estimate of drug-likeness (QED) is 0.703. The number of alkyl halides is 1. The minimum Gasteiger partial charge on any atom is -0.207 e. The molecule has 0 aliphatic rings. The van der Waals surface area contributed by atoms with Crippen LogP contribution in [0.1, 0.15) is 21.5 Å². The summed E-state index contributed by atoms with van der Waals surface area (Å²) < 4.78 is 26.5. The maximum atomic E-state index is 13.5. The van der Waals surface area contributed by atoms with Crippen molar-refractivity contribution in [2.45, 2.75) is 18.2 Å². The second-order valence-corrected chi connectivity index (χ2v) is 5.42. The Kier molecular flexibility index (Phi) is 4.12. The topological polar surface area (TPSA) is 0 Å². The molecule has 1 atom stereocenters. The van der Waals surface area contributed by atoms with E-state index in [4.69, 9.17) is 0 Å². The molecule has 0 aromatic heterocycles. The normalized spacial score (nSPS) is 12.4. The van der Waals surface area contributed by atoms with E-state index in [1.807, 2.05) is 12.1 Å². The molecule has 0 N–H and O–H groups in total. The fourth-order valence-corrected chi connectivity index (χ4v) is 2.45. The Morgan fingerprint density at radius 3 is 2.56 bits per heavy atom. The Hall–Kier alpha value is -1.22. The van der Waals surface area contributed by atoms with Gasteiger partial charge in [-0.05, 0) is 48.2 Å². The van der Waals surface area contributed by atoms with Gasteiger partial charge < -0.3 is 0 Å². The van der Waals surface area contributed by atoms with E-state index >= 15 is 0 Å². The molecular formula is C15H13BrF2. The molecule has 0 saturated heterocycles. The lowest BCUT2D eigenvalue weighted by molar-refractivity contribution is 0.615. The summed E-state index contributed by atoms with van der Waals surface area (Å²) in [5.74, 6) is -0.460. The summed E-state index contributed by atoms with van der Waals surface area (Å²) in [5.41, 5.74) is 2.38. The van der Waals surface area contributed by atoms with Crippen molar-refractivity contribution >= 4 is 15.9 Å². The standard InChI is InChI=1S/C15H13BrF2/c1-10-5-6-12(9-15(10)18)14(16)8-11-3-2-4-13(17)7-11/h2-7,9,14H,8H2,1H3. The van der Waals surface area contributed by atoms with Crippen LogP contribution >= 0.6 is 15.9 Å². The van der Waals surface area contributed by atoms with E-state index in [2.05, 4.69) is 15.9 Å². The third kappa shape index (κ3) is 3.16. The molecule has 0 saturated carbocycles. The van der Waals surface area contributed by atoms with Crippen LogP contribution in [-0.4, -0.2) is 0 Å². The Labute approximate surface area is 114 Å². The molecule has 3 heteroatoms. The van der Waals surface area contributed by atoms with E-state index in [1.54, 1.807) is 19.1 Å². The second kappa shape index (κ2) is 5.61. The largest absolute Gasteiger partial charge is 0.207 e. The SMILES string of the molecule is Cc1ccc(C(Br)Cc2cccc(F)c2)cc1F. The summed E-state index contributed by atoms with van der Waals surface area (Å²) >= 11 is 3.52. The molecule has 0 amide bonds. The first-order valence-electron chi connectivity index (χ1n) is 5.71. The van der Waals surface area contributed by atoms with E-state index in [0.29, 0.717) is 12.0 Å². The van der Waals surface area contributed by atoms with Crippen LogP contribution in [0.4, 0.5) is 8.78 Å². The summed E-state index contributed by atoms with van der Waals surface area (Å²) in [6.07, 6.45) is 0.625. The van der Waals surface area contributed by atoms with Crippen LogP contribution in [0.15, 0.2) is 42.5 Å². The molecule has 0 aliphatic heterocycles. The molecule has 0 fully saturated rings. The van der Waals surface area contributed by atoms with Crippen molar-refractivity contribution in [3.8, 4) is 0 Å². The maximum absolute atomic E-state index is 13.5. The van der Waals surface area contributed by atoms with Gasteiger partial charge in [-0.1, -0.05) is 40.2 Å². The van der Waals surface area contributed by atoms with Gasteiger partial charge in [-0.25, -0.2) is 8.78 Å². The van der Waals surface area contributed by atoms with Gasteiger partial charge in [0.05, 0.1) is 0 Å². The van der Waals surface area contributed by atoms with Crippen LogP contribution in [0.3, 0.4) is 0 Å². The predicted molar refractivity (Wildman–Crippen MR) is 72.9 cm³/mol. The molecule has 2 aromatic rings. The number of halogens is 3. The first-order valence-corrected chi connectivity index (χ1v) is 6.62. The summed E-state index contributed by atoms with van der Waals surface area (Å²) in [6, 6.07) is 11.6. The molecule has 18 heavy (non-hydrogen) atoms. The molecule has 0 nitrogen and oxygen atoms in total. The van der Waals surface area contributed by atoms with Crippen molar-refractivity contribution in [2.24, 2.45) is 0 Å². The zero-order valence-corrected chi connectivity index (χ0v) is 11.5. The third-order valence-electron chi connectivity index (χ3n) is 2.86. The number of rotatable bonds is 3. The minimum atomic E-state index is -0.248. The Morgan fingerprint density at radius 2 is 1.89 bits per heavy atom. The number of aryl methyl sites for hydroxylation is 1. The monoisotopic (exact) mass is 310 g/mol. The lowest BCUT2D eigenvalue weighted by Crippen LogP contribution is -1.97. The van der Waals surface area contributed by atoms with E-state index in [9.17, 15) is 8.78 Å². The minimum absolute atomic E-state index is 0.0191. The predicted octanol–water partition coefficient (Wildman–Crippen LogP) is 4.95. The van der Waals surface area contributed by atoms with Gasteiger partial charge in [0.1, 0.15) is 11.6 Å². The molecule has 2 rings (SSSR count). The van der Waals surface area contributed by atoms with Crippen LogP contribution in [0, 0.1) is 18.6 Å². The number of benzene rings is 2. The highest BCUT2D eigenvalue weighted by Gasteiger charge is 2.10. The Balaban J connectivity index is 2.16. The van der Waals surface area contributed by atoms with Crippen molar-refractivity contribution < 1.29 is 8.78 Å². The molecule has 1 unspecified atom stereocenters. The van der Waals surface area contributed by atoms with Gasteiger partial charge in [-0.3, -0.25) is 0 Å². The first-order chi connectivity index (χ1) is 8.56. The van der Waals surface area contributed by atoms with E-state index < -0.39 is 0 Å². The van der Waals surface area contributed by atoms with Crippen molar-refractivity contribution in [3.05, 3.63) is 70.8 Å². The van der Waals surface area contributed by atoms with Gasteiger partial charge in [0.15, 0.2) is 0 Å². The first kappa shape index (κ1) is 13.2. The lowest BCUT2D eigenvalue weighted by Gasteiger charge is -2.11. The average molecular weight is 311 g/mol. The van der Waals surface area contributed by atoms with Crippen LogP contribution in [0.25, 0.3) is 0 Å². The van der Waals surface area contributed by atoms with Crippen molar-refractivity contribution in [1.82, 2.24) is 0 Å². The second-order valence-electron chi connectivity index (χ2n) is 4.31. The smallest absolute Gasteiger partial charge is 0.126 e. The van der Waals surface area contributed by atoms with E-state index in [-0.39, 0.29) is 16.5 Å². The average Bonchev–Trinajstić information content (AvgIpc) is 2.32. The molecule has 2 aromatic carbocycles. The van der Waals surface area contributed by atoms with Crippen LogP contribution in [0.2, 0.25) is 0 Å². The van der Waals surface area contributed by atoms with Gasteiger partial charge in [-0.2, -0.15) is 0 Å². The maximum Gasteiger partial charge on any atom is 0.126 e. The molecule has 0 heterocycles. The van der Waals surface area contributed by atoms with Crippen molar-refractivity contribution in [3.63, 3.8) is 0 Å². The van der Waals surface area contributed by atoms with Gasteiger partial charge in [-0.15, -0.1) is 0 Å². The van der Waals surface area contributed by atoms with Crippen LogP contribution < -0.4 is 0 Å². The molecule has 0 spiro atoms. The fraction of sp³-hybridized carbons (Fsp3) is 0.200. The summed E-state index contributed by atoms with van der Waals surface area (Å²) in [5, 5.41) is 0. The zero-order valence-electron chi connectivity index (χ0n) is 9.96. The van der Waals surface area contributed by atoms with Gasteiger partial charge in [0.25, 0.3) is 0 Å². The molecular weight excluding hydrogens is 298 g/mol. The zero-order chi connectivity index (χ0) is 13.1. The van der Waals surface area contributed by atoms with Crippen molar-refractivity contribution in [2.75, 3.05) is 0 Å². The molecule has 0 aliphatic carbocycles. The van der Waals surface area contributed by atoms with Crippen LogP contribution in [0.5, 0.6) is 0 Å². The van der Waals surface area contributed by atoms with Crippen molar-refractivity contribution in [1.29, 1.82) is 0 Å². The Morgan fingerprint density at radius 1 is 1.11 bits per heavy atom. The van der Waals surface area contributed by atoms with E-state index in [0.717, 1.165) is 11.1 Å². The summed E-state index contributed by atoms with van der Waals surface area (Å²) in [4.78, 5) is -0.0191.